The van der Waals surface area contributed by atoms with Crippen LogP contribution in [0.4, 0.5) is 26.3 Å². The fraction of sp³-hybridized carbons (Fsp3) is 0.467. The van der Waals surface area contributed by atoms with Crippen molar-refractivity contribution in [2.75, 3.05) is 0 Å². The van der Waals surface area contributed by atoms with Gasteiger partial charge in [0.25, 0.3) is 0 Å². The summed E-state index contributed by atoms with van der Waals surface area (Å²) in [4.78, 5) is 22.8. The van der Waals surface area contributed by atoms with E-state index in [9.17, 15) is 35.9 Å². The number of benzene rings is 1. The highest BCUT2D eigenvalue weighted by molar-refractivity contribution is 5.87. The quantitative estimate of drug-likeness (QED) is 0.738. The van der Waals surface area contributed by atoms with Crippen LogP contribution in [0.15, 0.2) is 24.3 Å². The minimum atomic E-state index is -4.94. The summed E-state index contributed by atoms with van der Waals surface area (Å²) in [6.07, 6.45) is -11.4. The van der Waals surface area contributed by atoms with E-state index in [2.05, 4.69) is 4.74 Å². The van der Waals surface area contributed by atoms with Gasteiger partial charge in [-0.1, -0.05) is 18.2 Å². The van der Waals surface area contributed by atoms with Crippen LogP contribution in [0.1, 0.15) is 24.3 Å². The third-order valence-corrected chi connectivity index (χ3v) is 3.72. The Morgan fingerprint density at radius 2 is 1.81 bits per heavy atom. The van der Waals surface area contributed by atoms with E-state index >= 15 is 0 Å². The molecule has 5 nitrogen and oxygen atoms in total. The number of carbonyl (C=O) groups excluding carboxylic acids is 1. The molecule has 0 bridgehead atoms. The Labute approximate surface area is 142 Å². The van der Waals surface area contributed by atoms with Crippen LogP contribution in [-0.4, -0.2) is 35.6 Å². The minimum Gasteiger partial charge on any atom is -0.480 e. The summed E-state index contributed by atoms with van der Waals surface area (Å²) < 4.78 is 78.1. The summed E-state index contributed by atoms with van der Waals surface area (Å²) in [5.41, 5.74) is 0.0765. The van der Waals surface area contributed by atoms with Crippen LogP contribution < -0.4 is 10.1 Å². The standard InChI is InChI=1S/C15H13F6NO4/c16-14(17,18)6-10(13(24)25)22-12(23)9-5-8(9)7-3-1-2-4-11(7)26-15(19,20)21/h1-4,8-10H,5-6H2,(H,22,23)(H,24,25). The number of ether oxygens (including phenoxy) is 1. The minimum absolute atomic E-state index is 0.0718. The lowest BCUT2D eigenvalue weighted by Gasteiger charge is -2.16. The average Bonchev–Trinajstić information content (AvgIpc) is 3.24. The van der Waals surface area contributed by atoms with Crippen molar-refractivity contribution in [1.29, 1.82) is 0 Å². The molecule has 0 radical (unpaired) electrons. The Morgan fingerprint density at radius 1 is 1.19 bits per heavy atom. The van der Waals surface area contributed by atoms with Gasteiger partial charge in [0, 0.05) is 5.92 Å². The number of carbonyl (C=O) groups is 2. The van der Waals surface area contributed by atoms with Gasteiger partial charge in [-0.25, -0.2) is 4.79 Å². The first-order chi connectivity index (χ1) is 11.9. The number of carboxylic acid groups (broad SMARTS) is 1. The second-order valence-electron chi connectivity index (χ2n) is 5.75. The van der Waals surface area contributed by atoms with Crippen molar-refractivity contribution >= 4 is 11.9 Å². The largest absolute Gasteiger partial charge is 0.573 e. The van der Waals surface area contributed by atoms with Gasteiger partial charge in [-0.15, -0.1) is 13.2 Å². The molecule has 1 aliphatic rings. The smallest absolute Gasteiger partial charge is 0.480 e. The number of halogens is 6. The van der Waals surface area contributed by atoms with Crippen LogP contribution in [0.5, 0.6) is 5.75 Å². The molecule has 144 valence electrons. The first-order valence-electron chi connectivity index (χ1n) is 7.32. The third-order valence-electron chi connectivity index (χ3n) is 3.72. The highest BCUT2D eigenvalue weighted by Crippen LogP contribution is 2.51. The van der Waals surface area contributed by atoms with Gasteiger partial charge in [0.1, 0.15) is 11.8 Å². The summed E-state index contributed by atoms with van der Waals surface area (Å²) in [7, 11) is 0. The van der Waals surface area contributed by atoms with Crippen molar-refractivity contribution in [1.82, 2.24) is 5.32 Å². The molecule has 0 spiro atoms. The van der Waals surface area contributed by atoms with E-state index in [4.69, 9.17) is 5.11 Å². The first-order valence-corrected chi connectivity index (χ1v) is 7.32. The van der Waals surface area contributed by atoms with Gasteiger partial charge in [-0.3, -0.25) is 4.79 Å². The normalized spacial score (nSPS) is 21.0. The van der Waals surface area contributed by atoms with Crippen molar-refractivity contribution in [3.05, 3.63) is 29.8 Å². The number of alkyl halides is 6. The zero-order valence-electron chi connectivity index (χ0n) is 12.9. The van der Waals surface area contributed by atoms with Crippen molar-refractivity contribution in [3.8, 4) is 5.75 Å². The van der Waals surface area contributed by atoms with Crippen LogP contribution in [0.2, 0.25) is 0 Å². The number of rotatable bonds is 6. The molecule has 1 aromatic rings. The topological polar surface area (TPSA) is 75.6 Å². The van der Waals surface area contributed by atoms with Crippen molar-refractivity contribution in [2.45, 2.75) is 37.3 Å². The number of hydrogen-bond acceptors (Lipinski definition) is 3. The molecule has 0 heterocycles. The molecule has 1 amide bonds. The lowest BCUT2D eigenvalue weighted by atomic mass is 10.1. The second kappa shape index (κ2) is 7.04. The predicted molar refractivity (Wildman–Crippen MR) is 74.2 cm³/mol. The van der Waals surface area contributed by atoms with Crippen molar-refractivity contribution in [2.24, 2.45) is 5.92 Å². The molecule has 2 N–H and O–H groups in total. The van der Waals surface area contributed by atoms with Gasteiger partial charge in [-0.2, -0.15) is 13.2 Å². The van der Waals surface area contributed by atoms with E-state index in [1.165, 1.54) is 18.2 Å². The third kappa shape index (κ3) is 5.53. The molecule has 26 heavy (non-hydrogen) atoms. The van der Waals surface area contributed by atoms with Gasteiger partial charge in [-0.05, 0) is 24.0 Å². The Bertz CT molecular complexity index is 687. The van der Waals surface area contributed by atoms with Crippen LogP contribution in [-0.2, 0) is 9.59 Å². The SMILES string of the molecule is O=C(O)C(CC(F)(F)F)NC(=O)C1CC1c1ccccc1OC(F)(F)F. The van der Waals surface area contributed by atoms with E-state index in [0.29, 0.717) is 0 Å². The summed E-state index contributed by atoms with van der Waals surface area (Å²) >= 11 is 0. The molecule has 2 rings (SSSR count). The van der Waals surface area contributed by atoms with Crippen molar-refractivity contribution < 1.29 is 45.8 Å². The maximum absolute atomic E-state index is 12.4. The highest BCUT2D eigenvalue weighted by atomic mass is 19.4. The number of hydrogen-bond donors (Lipinski definition) is 2. The van der Waals surface area contributed by atoms with Gasteiger partial charge in [0.2, 0.25) is 5.91 Å². The summed E-state index contributed by atoms with van der Waals surface area (Å²) in [6.45, 7) is 0. The summed E-state index contributed by atoms with van der Waals surface area (Å²) in [5.74, 6) is -4.95. The number of aliphatic carboxylic acids is 1. The van der Waals surface area contributed by atoms with E-state index in [1.54, 1.807) is 5.32 Å². The molecule has 1 aromatic carbocycles. The fourth-order valence-corrected chi connectivity index (χ4v) is 2.54. The Hall–Kier alpha value is -2.46. The van der Waals surface area contributed by atoms with E-state index in [-0.39, 0.29) is 12.0 Å². The molecule has 0 aromatic heterocycles. The highest BCUT2D eigenvalue weighted by Gasteiger charge is 2.48. The monoisotopic (exact) mass is 385 g/mol. The fourth-order valence-electron chi connectivity index (χ4n) is 2.54. The van der Waals surface area contributed by atoms with Crippen LogP contribution in [0.3, 0.4) is 0 Å². The second-order valence-corrected chi connectivity index (χ2v) is 5.75. The Morgan fingerprint density at radius 3 is 2.35 bits per heavy atom. The number of nitrogens with one attached hydrogen (secondary N) is 1. The van der Waals surface area contributed by atoms with Gasteiger partial charge in [0.05, 0.1) is 6.42 Å². The average molecular weight is 385 g/mol. The molecule has 3 unspecified atom stereocenters. The van der Waals surface area contributed by atoms with E-state index in [1.807, 2.05) is 0 Å². The zero-order chi connectivity index (χ0) is 19.7. The lowest BCUT2D eigenvalue weighted by Crippen LogP contribution is -2.44. The zero-order valence-corrected chi connectivity index (χ0v) is 12.9. The predicted octanol–water partition coefficient (Wildman–Crippen LogP) is 3.21. The molecule has 3 atom stereocenters. The van der Waals surface area contributed by atoms with Crippen LogP contribution >= 0.6 is 0 Å². The number of para-hydroxylation sites is 1. The molecule has 11 heteroatoms. The molecule has 1 fully saturated rings. The number of amides is 1. The van der Waals surface area contributed by atoms with Crippen LogP contribution in [0.25, 0.3) is 0 Å². The summed E-state index contributed by atoms with van der Waals surface area (Å²) in [5, 5.41) is 10.6. The molecule has 1 saturated carbocycles. The van der Waals surface area contributed by atoms with Gasteiger partial charge >= 0.3 is 18.5 Å². The maximum atomic E-state index is 12.4. The molecule has 0 aliphatic heterocycles. The van der Waals surface area contributed by atoms with Gasteiger partial charge in [0.15, 0.2) is 0 Å². The first kappa shape index (κ1) is 19.9. The lowest BCUT2D eigenvalue weighted by molar-refractivity contribution is -0.274. The van der Waals surface area contributed by atoms with E-state index in [0.717, 1.165) is 6.07 Å². The molecular formula is C15H13F6NO4. The summed E-state index contributed by atoms with van der Waals surface area (Å²) in [6, 6.07) is 2.93. The molecule has 0 saturated heterocycles. The van der Waals surface area contributed by atoms with E-state index < -0.39 is 54.5 Å². The number of carboxylic acids is 1. The van der Waals surface area contributed by atoms with Crippen molar-refractivity contribution in [3.63, 3.8) is 0 Å². The van der Waals surface area contributed by atoms with Gasteiger partial charge < -0.3 is 15.2 Å². The van der Waals surface area contributed by atoms with Crippen LogP contribution in [0, 0.1) is 5.92 Å². The molecule has 1 aliphatic carbocycles. The maximum Gasteiger partial charge on any atom is 0.573 e. The Kier molecular flexibility index (Phi) is 5.38. The Balaban J connectivity index is 2.06. The molecular weight excluding hydrogens is 372 g/mol.